The molecule has 0 aliphatic rings. The number of aromatic nitrogens is 4. The van der Waals surface area contributed by atoms with Gasteiger partial charge in [0.1, 0.15) is 5.69 Å². The van der Waals surface area contributed by atoms with Crippen molar-refractivity contribution in [1.29, 1.82) is 0 Å². The monoisotopic (exact) mass is 190 g/mol. The Morgan fingerprint density at radius 2 is 2.14 bits per heavy atom. The maximum Gasteiger partial charge on any atom is 0.251 e. The highest BCUT2D eigenvalue weighted by molar-refractivity contribution is 5.53. The molecule has 0 aliphatic heterocycles. The SMILES string of the molecule is Cc1cc(-c2cc(=O)[nH]cn2)nn1C. The van der Waals surface area contributed by atoms with Gasteiger partial charge in [-0.1, -0.05) is 0 Å². The fourth-order valence-electron chi connectivity index (χ4n) is 1.19. The van der Waals surface area contributed by atoms with Gasteiger partial charge in [-0.05, 0) is 13.0 Å². The van der Waals surface area contributed by atoms with Gasteiger partial charge in [0.15, 0.2) is 0 Å². The average Bonchev–Trinajstić information content (AvgIpc) is 2.47. The Balaban J connectivity index is 2.54. The minimum Gasteiger partial charge on any atom is -0.313 e. The summed E-state index contributed by atoms with van der Waals surface area (Å²) in [5, 5.41) is 4.22. The molecule has 0 unspecified atom stereocenters. The van der Waals surface area contributed by atoms with E-state index in [1.54, 1.807) is 4.68 Å². The third-order valence-corrected chi connectivity index (χ3v) is 2.05. The van der Waals surface area contributed by atoms with Crippen LogP contribution in [-0.4, -0.2) is 19.7 Å². The second kappa shape index (κ2) is 3.10. The quantitative estimate of drug-likeness (QED) is 0.711. The number of nitrogens with zero attached hydrogens (tertiary/aromatic N) is 3. The van der Waals surface area contributed by atoms with Crippen molar-refractivity contribution in [2.24, 2.45) is 7.05 Å². The van der Waals surface area contributed by atoms with E-state index in [-0.39, 0.29) is 5.56 Å². The highest BCUT2D eigenvalue weighted by atomic mass is 16.1. The molecular weight excluding hydrogens is 180 g/mol. The molecule has 2 aromatic heterocycles. The predicted molar refractivity (Wildman–Crippen MR) is 51.8 cm³/mol. The molecule has 0 saturated carbocycles. The second-order valence-electron chi connectivity index (χ2n) is 3.09. The second-order valence-corrected chi connectivity index (χ2v) is 3.09. The minimum absolute atomic E-state index is 0.168. The lowest BCUT2D eigenvalue weighted by Gasteiger charge is -1.92. The summed E-state index contributed by atoms with van der Waals surface area (Å²) in [6.45, 7) is 1.95. The first-order chi connectivity index (χ1) is 6.66. The molecule has 14 heavy (non-hydrogen) atoms. The molecule has 2 aromatic rings. The van der Waals surface area contributed by atoms with Gasteiger partial charge in [-0.3, -0.25) is 9.48 Å². The Morgan fingerprint density at radius 3 is 2.71 bits per heavy atom. The van der Waals surface area contributed by atoms with Crippen molar-refractivity contribution < 1.29 is 0 Å². The van der Waals surface area contributed by atoms with Crippen molar-refractivity contribution in [2.75, 3.05) is 0 Å². The van der Waals surface area contributed by atoms with Crippen LogP contribution >= 0.6 is 0 Å². The molecule has 0 spiro atoms. The van der Waals surface area contributed by atoms with Crippen LogP contribution in [0.3, 0.4) is 0 Å². The molecular formula is C9H10N4O. The zero-order chi connectivity index (χ0) is 10.1. The summed E-state index contributed by atoms with van der Waals surface area (Å²) in [6, 6.07) is 3.32. The molecule has 0 aromatic carbocycles. The lowest BCUT2D eigenvalue weighted by molar-refractivity contribution is 0.742. The Morgan fingerprint density at radius 1 is 1.36 bits per heavy atom. The largest absolute Gasteiger partial charge is 0.313 e. The summed E-state index contributed by atoms with van der Waals surface area (Å²) in [4.78, 5) is 17.5. The van der Waals surface area contributed by atoms with Crippen LogP contribution < -0.4 is 5.56 Å². The molecule has 2 heterocycles. The number of nitrogens with one attached hydrogen (secondary N) is 1. The number of hydrogen-bond donors (Lipinski definition) is 1. The van der Waals surface area contributed by atoms with E-state index in [1.165, 1.54) is 12.4 Å². The standard InChI is InChI=1S/C9H10N4O/c1-6-3-8(12-13(6)2)7-4-9(14)11-5-10-7/h3-5H,1-2H3,(H,10,11,14). The molecule has 5 nitrogen and oxygen atoms in total. The van der Waals surface area contributed by atoms with Crippen molar-refractivity contribution in [3.05, 3.63) is 34.5 Å². The molecule has 0 radical (unpaired) electrons. The van der Waals surface area contributed by atoms with Crippen LogP contribution in [0.5, 0.6) is 0 Å². The molecule has 5 heteroatoms. The molecule has 72 valence electrons. The summed E-state index contributed by atoms with van der Waals surface area (Å²) < 4.78 is 1.75. The van der Waals surface area contributed by atoms with Crippen LogP contribution in [-0.2, 0) is 7.05 Å². The molecule has 1 N–H and O–H groups in total. The van der Waals surface area contributed by atoms with E-state index >= 15 is 0 Å². The van der Waals surface area contributed by atoms with Gasteiger partial charge in [0.2, 0.25) is 0 Å². The summed E-state index contributed by atoms with van der Waals surface area (Å²) in [6.07, 6.45) is 1.38. The van der Waals surface area contributed by atoms with Gasteiger partial charge in [0.25, 0.3) is 5.56 Å². The fourth-order valence-corrected chi connectivity index (χ4v) is 1.19. The fraction of sp³-hybridized carbons (Fsp3) is 0.222. The molecule has 0 bridgehead atoms. The number of rotatable bonds is 1. The highest BCUT2D eigenvalue weighted by Gasteiger charge is 2.05. The Bertz CT molecular complexity index is 492. The van der Waals surface area contributed by atoms with Gasteiger partial charge in [-0.25, -0.2) is 4.98 Å². The molecule has 0 atom stereocenters. The van der Waals surface area contributed by atoms with Crippen molar-refractivity contribution in [3.8, 4) is 11.4 Å². The van der Waals surface area contributed by atoms with Gasteiger partial charge >= 0.3 is 0 Å². The first-order valence-electron chi connectivity index (χ1n) is 4.22. The van der Waals surface area contributed by atoms with Gasteiger partial charge in [0.05, 0.1) is 12.0 Å². The molecule has 0 saturated heterocycles. The van der Waals surface area contributed by atoms with Gasteiger partial charge < -0.3 is 4.98 Å². The van der Waals surface area contributed by atoms with E-state index in [9.17, 15) is 4.79 Å². The molecule has 2 rings (SSSR count). The Kier molecular flexibility index (Phi) is 1.92. The minimum atomic E-state index is -0.168. The maximum atomic E-state index is 11.0. The number of aromatic amines is 1. The number of H-pyrrole nitrogens is 1. The van der Waals surface area contributed by atoms with Crippen LogP contribution in [0.25, 0.3) is 11.4 Å². The van der Waals surface area contributed by atoms with Crippen molar-refractivity contribution in [1.82, 2.24) is 19.7 Å². The number of aryl methyl sites for hydroxylation is 2. The summed E-state index contributed by atoms with van der Waals surface area (Å²) in [5.74, 6) is 0. The van der Waals surface area contributed by atoms with Crippen LogP contribution in [0.1, 0.15) is 5.69 Å². The topological polar surface area (TPSA) is 63.6 Å². The van der Waals surface area contributed by atoms with E-state index in [0.717, 1.165) is 11.4 Å². The van der Waals surface area contributed by atoms with Crippen molar-refractivity contribution in [2.45, 2.75) is 6.92 Å². The molecule has 0 fully saturated rings. The van der Waals surface area contributed by atoms with Crippen LogP contribution in [0.15, 0.2) is 23.3 Å². The zero-order valence-corrected chi connectivity index (χ0v) is 7.98. The van der Waals surface area contributed by atoms with E-state index in [2.05, 4.69) is 15.1 Å². The zero-order valence-electron chi connectivity index (χ0n) is 7.98. The van der Waals surface area contributed by atoms with Crippen LogP contribution in [0.4, 0.5) is 0 Å². The average molecular weight is 190 g/mol. The lowest BCUT2D eigenvalue weighted by Crippen LogP contribution is -2.04. The highest BCUT2D eigenvalue weighted by Crippen LogP contribution is 2.13. The van der Waals surface area contributed by atoms with E-state index < -0.39 is 0 Å². The third kappa shape index (κ3) is 1.44. The predicted octanol–water partition coefficient (Wildman–Crippen LogP) is 0.479. The normalized spacial score (nSPS) is 10.4. The maximum absolute atomic E-state index is 11.0. The van der Waals surface area contributed by atoms with Gasteiger partial charge in [0, 0.05) is 18.8 Å². The summed E-state index contributed by atoms with van der Waals surface area (Å²) in [7, 11) is 1.85. The summed E-state index contributed by atoms with van der Waals surface area (Å²) >= 11 is 0. The molecule has 0 aliphatic carbocycles. The number of hydrogen-bond acceptors (Lipinski definition) is 3. The summed E-state index contributed by atoms with van der Waals surface area (Å²) in [5.41, 5.74) is 2.17. The molecule has 0 amide bonds. The van der Waals surface area contributed by atoms with Crippen molar-refractivity contribution in [3.63, 3.8) is 0 Å². The van der Waals surface area contributed by atoms with Crippen LogP contribution in [0.2, 0.25) is 0 Å². The smallest absolute Gasteiger partial charge is 0.251 e. The van der Waals surface area contributed by atoms with E-state index in [0.29, 0.717) is 5.69 Å². The first-order valence-corrected chi connectivity index (χ1v) is 4.22. The van der Waals surface area contributed by atoms with Crippen molar-refractivity contribution >= 4 is 0 Å². The Labute approximate surface area is 80.4 Å². The first kappa shape index (κ1) is 8.68. The third-order valence-electron chi connectivity index (χ3n) is 2.05. The van der Waals surface area contributed by atoms with E-state index in [4.69, 9.17) is 0 Å². The lowest BCUT2D eigenvalue weighted by atomic mass is 10.3. The van der Waals surface area contributed by atoms with E-state index in [1.807, 2.05) is 20.0 Å². The van der Waals surface area contributed by atoms with Gasteiger partial charge in [-0.15, -0.1) is 0 Å². The van der Waals surface area contributed by atoms with Gasteiger partial charge in [-0.2, -0.15) is 5.10 Å². The van der Waals surface area contributed by atoms with Crippen LogP contribution in [0, 0.1) is 6.92 Å². The Hall–Kier alpha value is -1.91.